The molecule has 0 saturated heterocycles. The van der Waals surface area contributed by atoms with E-state index < -0.39 is 5.60 Å². The molecule has 3 aromatic rings. The van der Waals surface area contributed by atoms with Gasteiger partial charge in [-0.1, -0.05) is 12.1 Å². The van der Waals surface area contributed by atoms with Gasteiger partial charge >= 0.3 is 5.97 Å². The maximum atomic E-state index is 13.1. The van der Waals surface area contributed by atoms with Gasteiger partial charge in [0.05, 0.1) is 11.0 Å². The molecule has 0 aliphatic heterocycles. The van der Waals surface area contributed by atoms with Crippen LogP contribution in [0.2, 0.25) is 0 Å². The van der Waals surface area contributed by atoms with Gasteiger partial charge in [-0.05, 0) is 50.6 Å². The maximum absolute atomic E-state index is 13.1. The molecule has 24 heavy (non-hydrogen) atoms. The number of benzene rings is 1. The molecule has 0 radical (unpaired) electrons. The number of hydrogen-bond donors (Lipinski definition) is 0. The van der Waals surface area contributed by atoms with Crippen LogP contribution in [0.4, 0.5) is 4.39 Å². The number of halogens is 1. The molecule has 0 bridgehead atoms. The number of rotatable bonds is 3. The Morgan fingerprint density at radius 2 is 1.88 bits per heavy atom. The third-order valence-electron chi connectivity index (χ3n) is 3.52. The average Bonchev–Trinajstić information content (AvgIpc) is 2.88. The molecule has 0 saturated carbocycles. The van der Waals surface area contributed by atoms with E-state index in [1.54, 1.807) is 18.3 Å². The van der Waals surface area contributed by atoms with E-state index in [9.17, 15) is 9.18 Å². The van der Waals surface area contributed by atoms with Gasteiger partial charge in [-0.2, -0.15) is 0 Å². The fraction of sp³-hybridized carbons (Fsp3) is 0.263. The van der Waals surface area contributed by atoms with E-state index in [2.05, 4.69) is 4.98 Å². The van der Waals surface area contributed by atoms with E-state index in [0.29, 0.717) is 0 Å². The summed E-state index contributed by atoms with van der Waals surface area (Å²) in [5.41, 5.74) is 2.85. The first-order valence-electron chi connectivity index (χ1n) is 7.74. The third kappa shape index (κ3) is 3.62. The molecule has 5 heteroatoms. The Labute approximate surface area is 139 Å². The zero-order valence-corrected chi connectivity index (χ0v) is 13.9. The lowest BCUT2D eigenvalue weighted by atomic mass is 10.1. The number of fused-ring (bicyclic) bond motifs is 1. The first-order valence-corrected chi connectivity index (χ1v) is 7.74. The number of ether oxygens (including phenoxy) is 1. The summed E-state index contributed by atoms with van der Waals surface area (Å²) in [6, 6.07) is 10.0. The van der Waals surface area contributed by atoms with Crippen LogP contribution in [-0.4, -0.2) is 21.1 Å². The summed E-state index contributed by atoms with van der Waals surface area (Å²) in [6.07, 6.45) is 3.56. The largest absolute Gasteiger partial charge is 0.459 e. The smallest absolute Gasteiger partial charge is 0.326 e. The molecular weight excluding hydrogens is 307 g/mol. The van der Waals surface area contributed by atoms with E-state index in [0.717, 1.165) is 22.2 Å². The number of esters is 1. The van der Waals surface area contributed by atoms with E-state index in [-0.39, 0.29) is 18.3 Å². The van der Waals surface area contributed by atoms with Crippen LogP contribution in [0.25, 0.3) is 22.2 Å². The van der Waals surface area contributed by atoms with E-state index in [4.69, 9.17) is 4.74 Å². The van der Waals surface area contributed by atoms with Gasteiger partial charge in [0.1, 0.15) is 18.0 Å². The average molecular weight is 326 g/mol. The maximum Gasteiger partial charge on any atom is 0.326 e. The van der Waals surface area contributed by atoms with Crippen LogP contribution in [0.3, 0.4) is 0 Å². The molecule has 1 aromatic carbocycles. The summed E-state index contributed by atoms with van der Waals surface area (Å²) in [5, 5.41) is 0. The first kappa shape index (κ1) is 16.2. The molecular formula is C19H19FN2O2. The number of hydrogen-bond acceptors (Lipinski definition) is 3. The molecule has 0 spiro atoms. The molecule has 0 N–H and O–H groups in total. The van der Waals surface area contributed by atoms with Crippen molar-refractivity contribution in [3.05, 3.63) is 54.6 Å². The van der Waals surface area contributed by atoms with Crippen molar-refractivity contribution in [3.8, 4) is 11.1 Å². The normalized spacial score (nSPS) is 11.7. The van der Waals surface area contributed by atoms with Crippen molar-refractivity contribution in [1.29, 1.82) is 0 Å². The Hall–Kier alpha value is -2.69. The first-order chi connectivity index (χ1) is 11.3. The minimum atomic E-state index is -0.516. The zero-order valence-electron chi connectivity index (χ0n) is 13.9. The van der Waals surface area contributed by atoms with Crippen LogP contribution < -0.4 is 0 Å². The fourth-order valence-electron chi connectivity index (χ4n) is 2.51. The van der Waals surface area contributed by atoms with Gasteiger partial charge in [0.2, 0.25) is 0 Å². The van der Waals surface area contributed by atoms with E-state index >= 15 is 0 Å². The number of carbonyl (C=O) groups is 1. The van der Waals surface area contributed by atoms with Crippen LogP contribution in [0.5, 0.6) is 0 Å². The van der Waals surface area contributed by atoms with Gasteiger partial charge in [-0.3, -0.25) is 9.78 Å². The second-order valence-corrected chi connectivity index (χ2v) is 6.67. The lowest BCUT2D eigenvalue weighted by Crippen LogP contribution is -2.26. The van der Waals surface area contributed by atoms with Crippen molar-refractivity contribution >= 4 is 17.0 Å². The Bertz CT molecular complexity index is 877. The van der Waals surface area contributed by atoms with Gasteiger partial charge in [-0.15, -0.1) is 0 Å². The van der Waals surface area contributed by atoms with Crippen molar-refractivity contribution < 1.29 is 13.9 Å². The van der Waals surface area contributed by atoms with Gasteiger partial charge < -0.3 is 9.30 Å². The number of pyridine rings is 1. The Morgan fingerprint density at radius 3 is 2.54 bits per heavy atom. The van der Waals surface area contributed by atoms with E-state index in [1.165, 1.54) is 12.1 Å². The highest BCUT2D eigenvalue weighted by Crippen LogP contribution is 2.24. The summed E-state index contributed by atoms with van der Waals surface area (Å²) < 4.78 is 20.3. The summed E-state index contributed by atoms with van der Waals surface area (Å²) in [5.74, 6) is -0.576. The second kappa shape index (κ2) is 6.07. The van der Waals surface area contributed by atoms with E-state index in [1.807, 2.05) is 43.7 Å². The molecule has 2 heterocycles. The summed E-state index contributed by atoms with van der Waals surface area (Å²) in [4.78, 5) is 16.5. The Balaban J connectivity index is 1.91. The summed E-state index contributed by atoms with van der Waals surface area (Å²) >= 11 is 0. The topological polar surface area (TPSA) is 44.1 Å². The summed E-state index contributed by atoms with van der Waals surface area (Å²) in [7, 11) is 0. The quantitative estimate of drug-likeness (QED) is 0.678. The molecule has 0 aliphatic rings. The number of carbonyl (C=O) groups excluding carboxylic acids is 1. The van der Waals surface area contributed by atoms with Gasteiger partial charge in [0.25, 0.3) is 0 Å². The highest BCUT2D eigenvalue weighted by Gasteiger charge is 2.17. The fourth-order valence-corrected chi connectivity index (χ4v) is 2.51. The molecule has 0 aliphatic carbocycles. The third-order valence-corrected chi connectivity index (χ3v) is 3.52. The van der Waals surface area contributed by atoms with Crippen molar-refractivity contribution in [3.63, 3.8) is 0 Å². The predicted octanol–water partition coefficient (Wildman–Crippen LogP) is 4.18. The predicted molar refractivity (Wildman–Crippen MR) is 91.0 cm³/mol. The van der Waals surface area contributed by atoms with Crippen molar-refractivity contribution in [2.45, 2.75) is 32.9 Å². The molecule has 124 valence electrons. The lowest BCUT2D eigenvalue weighted by molar-refractivity contribution is -0.155. The molecule has 0 atom stereocenters. The molecule has 4 nitrogen and oxygen atoms in total. The van der Waals surface area contributed by atoms with Crippen LogP contribution >= 0.6 is 0 Å². The Kier molecular flexibility index (Phi) is 4.09. The van der Waals surface area contributed by atoms with Gasteiger partial charge in [-0.25, -0.2) is 4.39 Å². The molecule has 2 aromatic heterocycles. The van der Waals surface area contributed by atoms with Crippen molar-refractivity contribution in [2.75, 3.05) is 0 Å². The van der Waals surface area contributed by atoms with Gasteiger partial charge in [0, 0.05) is 18.0 Å². The van der Waals surface area contributed by atoms with Crippen LogP contribution in [0, 0.1) is 5.82 Å². The highest BCUT2D eigenvalue weighted by atomic mass is 19.1. The van der Waals surface area contributed by atoms with Crippen LogP contribution in [-0.2, 0) is 16.1 Å². The monoisotopic (exact) mass is 326 g/mol. The molecule has 0 fully saturated rings. The van der Waals surface area contributed by atoms with Crippen LogP contribution in [0.15, 0.2) is 48.8 Å². The van der Waals surface area contributed by atoms with Crippen molar-refractivity contribution in [1.82, 2.24) is 9.55 Å². The minimum Gasteiger partial charge on any atom is -0.459 e. The lowest BCUT2D eigenvalue weighted by Gasteiger charge is -2.19. The van der Waals surface area contributed by atoms with Gasteiger partial charge in [0.15, 0.2) is 0 Å². The minimum absolute atomic E-state index is 0.120. The number of nitrogens with zero attached hydrogens (tertiary/aromatic N) is 2. The SMILES string of the molecule is CC(C)(C)OC(=O)Cn1ccc2ncc(-c3ccc(F)cc3)cc21. The number of aromatic nitrogens is 2. The summed E-state index contributed by atoms with van der Waals surface area (Å²) in [6.45, 7) is 5.64. The molecule has 3 rings (SSSR count). The standard InChI is InChI=1S/C19H19FN2O2/c1-19(2,3)24-18(23)12-22-9-8-16-17(22)10-14(11-21-16)13-4-6-15(20)7-5-13/h4-11H,12H2,1-3H3. The zero-order chi connectivity index (χ0) is 17.3. The molecule has 0 amide bonds. The highest BCUT2D eigenvalue weighted by molar-refractivity contribution is 5.83. The van der Waals surface area contributed by atoms with Crippen LogP contribution in [0.1, 0.15) is 20.8 Å². The second-order valence-electron chi connectivity index (χ2n) is 6.67. The Morgan fingerprint density at radius 1 is 1.17 bits per heavy atom. The molecule has 0 unspecified atom stereocenters. The van der Waals surface area contributed by atoms with Crippen molar-refractivity contribution in [2.24, 2.45) is 0 Å².